The van der Waals surface area contributed by atoms with Crippen LogP contribution < -0.4 is 0 Å². The van der Waals surface area contributed by atoms with E-state index in [1.54, 1.807) is 0 Å². The highest BCUT2D eigenvalue weighted by atomic mass is 14.4. The van der Waals surface area contributed by atoms with Crippen molar-refractivity contribution in [2.45, 2.75) is 38.5 Å². The molecule has 0 bridgehead atoms. The van der Waals surface area contributed by atoms with Crippen LogP contribution in [-0.4, -0.2) is 0 Å². The van der Waals surface area contributed by atoms with Crippen LogP contribution in [-0.2, 0) is 10.8 Å². The third-order valence-corrected chi connectivity index (χ3v) is 11.2. The van der Waals surface area contributed by atoms with Gasteiger partial charge < -0.3 is 0 Å². The van der Waals surface area contributed by atoms with Crippen molar-refractivity contribution < 1.29 is 0 Å². The van der Waals surface area contributed by atoms with Crippen LogP contribution in [0.15, 0.2) is 121 Å². The van der Waals surface area contributed by atoms with Crippen LogP contribution in [0.4, 0.5) is 0 Å². The molecule has 208 valence electrons. The van der Waals surface area contributed by atoms with Crippen molar-refractivity contribution in [3.63, 3.8) is 0 Å². The van der Waals surface area contributed by atoms with Crippen LogP contribution >= 0.6 is 0 Å². The van der Waals surface area contributed by atoms with Gasteiger partial charge in [0.1, 0.15) is 0 Å². The van der Waals surface area contributed by atoms with Gasteiger partial charge in [0.2, 0.25) is 0 Å². The first-order chi connectivity index (χ1) is 21.3. The first kappa shape index (κ1) is 24.5. The Labute approximate surface area is 258 Å². The maximum atomic E-state index is 2.52. The number of hydrogen-bond acceptors (Lipinski definition) is 0. The first-order valence-electron chi connectivity index (χ1n) is 15.9. The molecule has 0 heteroatoms. The van der Waals surface area contributed by atoms with E-state index in [0.717, 1.165) is 0 Å². The predicted octanol–water partition coefficient (Wildman–Crippen LogP) is 11.9. The molecule has 0 aliphatic heterocycles. The zero-order valence-electron chi connectivity index (χ0n) is 25.5. The van der Waals surface area contributed by atoms with Gasteiger partial charge in [-0.2, -0.15) is 0 Å². The van der Waals surface area contributed by atoms with Gasteiger partial charge in [0.25, 0.3) is 0 Å². The monoisotopic (exact) mass is 560 g/mol. The van der Waals surface area contributed by atoms with E-state index in [9.17, 15) is 0 Å². The third kappa shape index (κ3) is 2.85. The Morgan fingerprint density at radius 1 is 0.364 bits per heavy atom. The molecule has 0 saturated heterocycles. The van der Waals surface area contributed by atoms with Gasteiger partial charge in [-0.3, -0.25) is 0 Å². The van der Waals surface area contributed by atoms with Gasteiger partial charge in [0.05, 0.1) is 0 Å². The van der Waals surface area contributed by atoms with Crippen molar-refractivity contribution in [2.24, 2.45) is 0 Å². The molecular weight excluding hydrogens is 528 g/mol. The van der Waals surface area contributed by atoms with E-state index >= 15 is 0 Å². The van der Waals surface area contributed by atoms with Gasteiger partial charge >= 0.3 is 0 Å². The normalized spacial score (nSPS) is 15.6. The molecule has 0 aromatic heterocycles. The highest BCUT2D eigenvalue weighted by molar-refractivity contribution is 6.22. The van der Waals surface area contributed by atoms with Crippen molar-refractivity contribution in [3.05, 3.63) is 144 Å². The van der Waals surface area contributed by atoms with Crippen LogP contribution in [0.3, 0.4) is 0 Å². The summed E-state index contributed by atoms with van der Waals surface area (Å²) < 4.78 is 0. The first-order valence-corrected chi connectivity index (χ1v) is 15.9. The van der Waals surface area contributed by atoms with E-state index in [0.29, 0.717) is 0 Å². The van der Waals surface area contributed by atoms with Crippen molar-refractivity contribution in [2.75, 3.05) is 0 Å². The number of benzene rings is 7. The van der Waals surface area contributed by atoms with Crippen molar-refractivity contribution in [1.29, 1.82) is 0 Å². The molecule has 0 nitrogen and oxygen atoms in total. The van der Waals surface area contributed by atoms with E-state index in [2.05, 4.69) is 149 Å². The minimum absolute atomic E-state index is 0.00662. The Hall–Kier alpha value is -4.94. The Morgan fingerprint density at radius 3 is 1.75 bits per heavy atom. The van der Waals surface area contributed by atoms with E-state index in [-0.39, 0.29) is 10.8 Å². The Bertz CT molecular complexity index is 2430. The largest absolute Gasteiger partial charge is 0.0619 e. The molecule has 0 heterocycles. The molecule has 3 aliphatic carbocycles. The second-order valence-corrected chi connectivity index (χ2v) is 14.1. The Balaban J connectivity index is 1.23. The summed E-state index contributed by atoms with van der Waals surface area (Å²) in [6.07, 6.45) is 0. The second kappa shape index (κ2) is 7.96. The summed E-state index contributed by atoms with van der Waals surface area (Å²) in [6, 6.07) is 46.3. The summed E-state index contributed by atoms with van der Waals surface area (Å²) in [4.78, 5) is 0. The highest BCUT2D eigenvalue weighted by Gasteiger charge is 2.41. The summed E-state index contributed by atoms with van der Waals surface area (Å²) in [5, 5.41) is 5.32. The van der Waals surface area contributed by atoms with E-state index < -0.39 is 0 Å². The summed E-state index contributed by atoms with van der Waals surface area (Å²) in [7, 11) is 0. The van der Waals surface area contributed by atoms with Crippen LogP contribution in [0.25, 0.3) is 77.2 Å². The van der Waals surface area contributed by atoms with Crippen LogP contribution in [0.1, 0.15) is 49.9 Å². The van der Waals surface area contributed by atoms with Gasteiger partial charge in [-0.1, -0.05) is 125 Å². The molecule has 44 heavy (non-hydrogen) atoms. The molecule has 0 spiro atoms. The van der Waals surface area contributed by atoms with Crippen LogP contribution in [0, 0.1) is 0 Å². The molecule has 0 N–H and O–H groups in total. The zero-order chi connectivity index (χ0) is 29.5. The van der Waals surface area contributed by atoms with Crippen molar-refractivity contribution in [3.8, 4) is 55.6 Å². The highest BCUT2D eigenvalue weighted by Crippen LogP contribution is 2.58. The smallest absolute Gasteiger partial charge is 0.0159 e. The van der Waals surface area contributed by atoms with Crippen molar-refractivity contribution >= 4 is 21.5 Å². The van der Waals surface area contributed by atoms with Crippen molar-refractivity contribution in [1.82, 2.24) is 0 Å². The average molecular weight is 561 g/mol. The summed E-state index contributed by atoms with van der Waals surface area (Å²) in [6.45, 7) is 9.61. The molecule has 0 saturated carbocycles. The molecule has 0 atom stereocenters. The van der Waals surface area contributed by atoms with Gasteiger partial charge in [-0.05, 0) is 124 Å². The summed E-state index contributed by atoms with van der Waals surface area (Å²) in [5.74, 6) is 0. The van der Waals surface area contributed by atoms with Gasteiger partial charge in [-0.25, -0.2) is 0 Å². The third-order valence-electron chi connectivity index (χ3n) is 11.2. The predicted molar refractivity (Wildman–Crippen MR) is 186 cm³/mol. The number of rotatable bonds is 1. The molecular formula is C44H32. The fourth-order valence-electron chi connectivity index (χ4n) is 9.00. The quantitative estimate of drug-likeness (QED) is 0.187. The van der Waals surface area contributed by atoms with Crippen LogP contribution in [0.2, 0.25) is 0 Å². The number of hydrogen-bond donors (Lipinski definition) is 0. The minimum atomic E-state index is -0.103. The zero-order valence-corrected chi connectivity index (χ0v) is 25.5. The fraction of sp³-hybridized carbons (Fsp3) is 0.136. The van der Waals surface area contributed by atoms with Gasteiger partial charge in [0, 0.05) is 10.8 Å². The average Bonchev–Trinajstić information content (AvgIpc) is 3.57. The molecule has 10 rings (SSSR count). The Kier molecular flexibility index (Phi) is 4.43. The second-order valence-electron chi connectivity index (χ2n) is 14.1. The maximum Gasteiger partial charge on any atom is 0.0159 e. The van der Waals surface area contributed by atoms with E-state index in [1.165, 1.54) is 99.4 Å². The SMILES string of the molecule is CC1(C)c2ccccc2-c2cc3c(cc21)-c1ccc(-c2c4c(cc5ccccc25)-c2cccc5cccc-4c25)cc1C3(C)C. The van der Waals surface area contributed by atoms with Gasteiger partial charge in [-0.15, -0.1) is 0 Å². The summed E-state index contributed by atoms with van der Waals surface area (Å²) in [5.41, 5.74) is 19.3. The fourth-order valence-corrected chi connectivity index (χ4v) is 9.00. The standard InChI is InChI=1S/C44H32/c1-43(2)36-18-8-7-15-29(36)33-23-39-34(24-38(33)43)30-20-19-27(22-37(30)44(39,3)4)41-28-14-6-5-11-26(28)21-35-31-16-9-12-25-13-10-17-32(40(25)31)42(35)41/h5-24H,1-4H3. The Morgan fingerprint density at radius 2 is 0.955 bits per heavy atom. The van der Waals surface area contributed by atoms with Gasteiger partial charge in [0.15, 0.2) is 0 Å². The molecule has 7 aromatic carbocycles. The lowest BCUT2D eigenvalue weighted by molar-refractivity contribution is 0.652. The molecule has 0 radical (unpaired) electrons. The van der Waals surface area contributed by atoms with E-state index in [4.69, 9.17) is 0 Å². The topological polar surface area (TPSA) is 0 Å². The summed E-state index contributed by atoms with van der Waals surface area (Å²) >= 11 is 0. The lowest BCUT2D eigenvalue weighted by atomic mass is 9.79. The lowest BCUT2D eigenvalue weighted by Gasteiger charge is -2.24. The minimum Gasteiger partial charge on any atom is -0.0619 e. The molecule has 0 amide bonds. The molecule has 0 fully saturated rings. The van der Waals surface area contributed by atoms with Crippen LogP contribution in [0.5, 0.6) is 0 Å². The molecule has 0 unspecified atom stereocenters. The maximum absolute atomic E-state index is 2.52. The molecule has 7 aromatic rings. The lowest BCUT2D eigenvalue weighted by Crippen LogP contribution is -2.17. The van der Waals surface area contributed by atoms with E-state index in [1.807, 2.05) is 0 Å². The molecule has 3 aliphatic rings. The number of fused-ring (bicyclic) bond motifs is 10.